The van der Waals surface area contributed by atoms with Gasteiger partial charge in [-0.1, -0.05) is 11.6 Å². The lowest BCUT2D eigenvalue weighted by molar-refractivity contribution is -0.141. The van der Waals surface area contributed by atoms with E-state index in [1.807, 2.05) is 0 Å². The standard InChI is InChI=1S/C8H14N2O3/c1-13-10-6-4-2-3-5-8(6,9)7(11)12/h2-5,9H2,1H3,(H,11,12). The molecule has 1 rings (SSSR count). The van der Waals surface area contributed by atoms with E-state index in [2.05, 4.69) is 9.99 Å². The second-order valence-corrected chi connectivity index (χ2v) is 3.20. The summed E-state index contributed by atoms with van der Waals surface area (Å²) in [5, 5.41) is 12.6. The Kier molecular flexibility index (Phi) is 2.87. The van der Waals surface area contributed by atoms with E-state index in [1.54, 1.807) is 0 Å². The minimum Gasteiger partial charge on any atom is -0.480 e. The van der Waals surface area contributed by atoms with Gasteiger partial charge in [-0.3, -0.25) is 0 Å². The minimum absolute atomic E-state index is 0.435. The summed E-state index contributed by atoms with van der Waals surface area (Å²) < 4.78 is 0. The highest BCUT2D eigenvalue weighted by atomic mass is 16.6. The van der Waals surface area contributed by atoms with Gasteiger partial charge in [-0.25, -0.2) is 4.79 Å². The molecule has 0 heterocycles. The smallest absolute Gasteiger partial charge is 0.329 e. The summed E-state index contributed by atoms with van der Waals surface area (Å²) in [6, 6.07) is 0. The quantitative estimate of drug-likeness (QED) is 0.609. The van der Waals surface area contributed by atoms with Gasteiger partial charge in [0.1, 0.15) is 7.11 Å². The molecule has 3 N–H and O–H groups in total. The third kappa shape index (κ3) is 1.80. The number of aliphatic carboxylic acids is 1. The molecular weight excluding hydrogens is 172 g/mol. The average molecular weight is 186 g/mol. The van der Waals surface area contributed by atoms with Crippen molar-refractivity contribution in [2.24, 2.45) is 10.9 Å². The van der Waals surface area contributed by atoms with Crippen molar-refractivity contribution in [2.45, 2.75) is 31.2 Å². The predicted octanol–water partition coefficient (Wildman–Crippen LogP) is 0.345. The Bertz CT molecular complexity index is 240. The Balaban J connectivity index is 2.90. The number of oxime groups is 1. The molecule has 0 aliphatic heterocycles. The number of nitrogens with two attached hydrogens (primary N) is 1. The summed E-state index contributed by atoms with van der Waals surface area (Å²) in [7, 11) is 1.39. The van der Waals surface area contributed by atoms with Crippen molar-refractivity contribution in [1.82, 2.24) is 0 Å². The molecule has 0 aromatic carbocycles. The molecule has 1 unspecified atom stereocenters. The molecule has 0 spiro atoms. The van der Waals surface area contributed by atoms with Crippen LogP contribution < -0.4 is 5.73 Å². The summed E-state index contributed by atoms with van der Waals surface area (Å²) in [6.45, 7) is 0. The first kappa shape index (κ1) is 9.98. The van der Waals surface area contributed by atoms with Gasteiger partial charge in [-0.05, 0) is 19.3 Å². The molecule has 1 saturated carbocycles. The summed E-state index contributed by atoms with van der Waals surface area (Å²) in [5.41, 5.74) is 4.85. The molecule has 0 aromatic rings. The van der Waals surface area contributed by atoms with E-state index in [9.17, 15) is 4.79 Å². The van der Waals surface area contributed by atoms with Gasteiger partial charge in [0.25, 0.3) is 0 Å². The van der Waals surface area contributed by atoms with Crippen LogP contribution in [0, 0.1) is 0 Å². The fourth-order valence-corrected chi connectivity index (χ4v) is 1.53. The van der Waals surface area contributed by atoms with Gasteiger partial charge >= 0.3 is 5.97 Å². The molecule has 1 aliphatic rings. The van der Waals surface area contributed by atoms with Crippen LogP contribution in [0.15, 0.2) is 5.16 Å². The number of carboxylic acids is 1. The van der Waals surface area contributed by atoms with Crippen molar-refractivity contribution in [1.29, 1.82) is 0 Å². The van der Waals surface area contributed by atoms with Crippen molar-refractivity contribution in [3.63, 3.8) is 0 Å². The second-order valence-electron chi connectivity index (χ2n) is 3.20. The van der Waals surface area contributed by atoms with Gasteiger partial charge in [0.15, 0.2) is 5.54 Å². The van der Waals surface area contributed by atoms with Crippen molar-refractivity contribution < 1.29 is 14.7 Å². The first-order chi connectivity index (χ1) is 6.11. The van der Waals surface area contributed by atoms with E-state index in [4.69, 9.17) is 10.8 Å². The molecule has 5 heteroatoms. The van der Waals surface area contributed by atoms with E-state index >= 15 is 0 Å². The van der Waals surface area contributed by atoms with Crippen molar-refractivity contribution in [2.75, 3.05) is 7.11 Å². The van der Waals surface area contributed by atoms with Crippen LogP contribution in [0.5, 0.6) is 0 Å². The summed E-state index contributed by atoms with van der Waals surface area (Å²) in [5.74, 6) is -1.02. The summed E-state index contributed by atoms with van der Waals surface area (Å²) in [4.78, 5) is 15.5. The molecule has 1 fully saturated rings. The van der Waals surface area contributed by atoms with Crippen LogP contribution in [0.4, 0.5) is 0 Å². The number of carbonyl (C=O) groups is 1. The van der Waals surface area contributed by atoms with Crippen LogP contribution in [0.2, 0.25) is 0 Å². The summed E-state index contributed by atoms with van der Waals surface area (Å²) in [6.07, 6.45) is 2.79. The first-order valence-corrected chi connectivity index (χ1v) is 4.24. The van der Waals surface area contributed by atoms with Gasteiger partial charge in [0.2, 0.25) is 0 Å². The molecule has 13 heavy (non-hydrogen) atoms. The zero-order chi connectivity index (χ0) is 9.90. The van der Waals surface area contributed by atoms with E-state index in [1.165, 1.54) is 7.11 Å². The fourth-order valence-electron chi connectivity index (χ4n) is 1.53. The Morgan fingerprint density at radius 3 is 2.92 bits per heavy atom. The minimum atomic E-state index is -1.31. The molecule has 1 aliphatic carbocycles. The van der Waals surface area contributed by atoms with E-state index < -0.39 is 11.5 Å². The molecule has 5 nitrogen and oxygen atoms in total. The van der Waals surface area contributed by atoms with Crippen LogP contribution in [0.1, 0.15) is 25.7 Å². The SMILES string of the molecule is CON=C1CCCCC1(N)C(=O)O. The number of nitrogens with zero attached hydrogens (tertiary/aromatic N) is 1. The van der Waals surface area contributed by atoms with Crippen LogP contribution in [0.3, 0.4) is 0 Å². The molecule has 0 saturated heterocycles. The number of carboxylic acid groups (broad SMARTS) is 1. The zero-order valence-corrected chi connectivity index (χ0v) is 7.62. The molecule has 74 valence electrons. The second kappa shape index (κ2) is 3.74. The van der Waals surface area contributed by atoms with Crippen LogP contribution >= 0.6 is 0 Å². The maximum Gasteiger partial charge on any atom is 0.329 e. The largest absolute Gasteiger partial charge is 0.480 e. The lowest BCUT2D eigenvalue weighted by atomic mass is 9.81. The Hall–Kier alpha value is -1.10. The molecule has 0 aromatic heterocycles. The topological polar surface area (TPSA) is 84.9 Å². The van der Waals surface area contributed by atoms with Crippen molar-refractivity contribution in [3.05, 3.63) is 0 Å². The van der Waals surface area contributed by atoms with Gasteiger partial charge in [-0.15, -0.1) is 0 Å². The molecular formula is C8H14N2O3. The normalized spacial score (nSPS) is 31.7. The van der Waals surface area contributed by atoms with Gasteiger partial charge < -0.3 is 15.7 Å². The number of hydrogen-bond acceptors (Lipinski definition) is 4. The molecule has 0 bridgehead atoms. The van der Waals surface area contributed by atoms with Crippen molar-refractivity contribution >= 4 is 11.7 Å². The monoisotopic (exact) mass is 186 g/mol. The predicted molar refractivity (Wildman–Crippen MR) is 47.5 cm³/mol. The lowest BCUT2D eigenvalue weighted by Crippen LogP contribution is -2.56. The van der Waals surface area contributed by atoms with Crippen LogP contribution in [-0.4, -0.2) is 29.4 Å². The Morgan fingerprint density at radius 1 is 1.69 bits per heavy atom. The van der Waals surface area contributed by atoms with Gasteiger partial charge in [0.05, 0.1) is 5.71 Å². The van der Waals surface area contributed by atoms with E-state index in [-0.39, 0.29) is 0 Å². The highest BCUT2D eigenvalue weighted by Gasteiger charge is 2.41. The Morgan fingerprint density at radius 2 is 2.38 bits per heavy atom. The third-order valence-electron chi connectivity index (χ3n) is 2.33. The molecule has 1 atom stereocenters. The van der Waals surface area contributed by atoms with Crippen LogP contribution in [0.25, 0.3) is 0 Å². The van der Waals surface area contributed by atoms with Gasteiger partial charge in [0, 0.05) is 0 Å². The Labute approximate surface area is 76.5 Å². The molecule has 0 radical (unpaired) electrons. The van der Waals surface area contributed by atoms with Gasteiger partial charge in [-0.2, -0.15) is 0 Å². The lowest BCUT2D eigenvalue weighted by Gasteiger charge is -2.29. The van der Waals surface area contributed by atoms with Crippen LogP contribution in [-0.2, 0) is 9.63 Å². The maximum atomic E-state index is 10.9. The fraction of sp³-hybridized carbons (Fsp3) is 0.750. The third-order valence-corrected chi connectivity index (χ3v) is 2.33. The molecule has 0 amide bonds. The first-order valence-electron chi connectivity index (χ1n) is 4.24. The zero-order valence-electron chi connectivity index (χ0n) is 7.62. The van der Waals surface area contributed by atoms with E-state index in [0.717, 1.165) is 12.8 Å². The van der Waals surface area contributed by atoms with E-state index in [0.29, 0.717) is 18.6 Å². The highest BCUT2D eigenvalue weighted by Crippen LogP contribution is 2.24. The highest BCUT2D eigenvalue weighted by molar-refractivity contribution is 6.10. The number of hydrogen-bond donors (Lipinski definition) is 2. The maximum absolute atomic E-state index is 10.9. The van der Waals surface area contributed by atoms with Crippen molar-refractivity contribution in [3.8, 4) is 0 Å². The number of rotatable bonds is 2. The summed E-state index contributed by atoms with van der Waals surface area (Å²) >= 11 is 0. The average Bonchev–Trinajstić information content (AvgIpc) is 2.09.